The fraction of sp³-hybridized carbons (Fsp3) is 0.200. The quantitative estimate of drug-likeness (QED) is 0.0688. The van der Waals surface area contributed by atoms with Crippen molar-refractivity contribution in [2.24, 2.45) is 0 Å². The zero-order valence-corrected chi connectivity index (χ0v) is 28.1. The molecule has 4 aromatic rings. The van der Waals surface area contributed by atoms with Crippen LogP contribution in [0.5, 0.6) is 69.0 Å². The molecule has 56 heavy (non-hydrogen) atoms. The van der Waals surface area contributed by atoms with Crippen molar-refractivity contribution >= 4 is 23.9 Å². The van der Waals surface area contributed by atoms with Crippen molar-refractivity contribution in [3.63, 3.8) is 0 Å². The Labute approximate surface area is 311 Å². The van der Waals surface area contributed by atoms with E-state index in [1.54, 1.807) is 0 Å². The summed E-state index contributed by atoms with van der Waals surface area (Å²) in [5.41, 5.74) is -2.71. The zero-order valence-electron chi connectivity index (χ0n) is 28.1. The van der Waals surface area contributed by atoms with Crippen LogP contribution in [0, 0.1) is 0 Å². The van der Waals surface area contributed by atoms with E-state index in [-0.39, 0.29) is 0 Å². The fourth-order valence-electron chi connectivity index (χ4n) is 5.97. The molecule has 0 radical (unpaired) electrons. The van der Waals surface area contributed by atoms with E-state index in [9.17, 15) is 75.3 Å². The molecular weight excluding hydrogens is 756 g/mol. The van der Waals surface area contributed by atoms with Crippen LogP contribution in [0.2, 0.25) is 0 Å². The molecular formula is C35H28O21. The molecule has 21 heteroatoms. The van der Waals surface area contributed by atoms with Gasteiger partial charge in [0.2, 0.25) is 5.75 Å². The molecule has 0 bridgehead atoms. The van der Waals surface area contributed by atoms with Gasteiger partial charge in [-0.3, -0.25) is 0 Å². The Morgan fingerprint density at radius 3 is 1.46 bits per heavy atom. The molecule has 2 heterocycles. The van der Waals surface area contributed by atoms with Crippen LogP contribution < -0.4 is 4.74 Å². The number of ether oxygens (including phenoxy) is 6. The predicted octanol–water partition coefficient (Wildman–Crippen LogP) is 1.74. The van der Waals surface area contributed by atoms with Gasteiger partial charge in [-0.1, -0.05) is 0 Å². The molecule has 0 spiro atoms. The first-order valence-corrected chi connectivity index (χ1v) is 15.7. The molecule has 2 aliphatic heterocycles. The van der Waals surface area contributed by atoms with Gasteiger partial charge in [0, 0.05) is 5.56 Å². The lowest BCUT2D eigenvalue weighted by atomic mass is 9.85. The van der Waals surface area contributed by atoms with Crippen molar-refractivity contribution in [2.45, 2.75) is 30.5 Å². The van der Waals surface area contributed by atoms with Gasteiger partial charge >= 0.3 is 23.9 Å². The first kappa shape index (κ1) is 38.1. The molecule has 2 aliphatic rings. The number of phenols is 11. The van der Waals surface area contributed by atoms with Crippen molar-refractivity contribution in [2.75, 3.05) is 13.7 Å². The van der Waals surface area contributed by atoms with Crippen molar-refractivity contribution < 1.29 is 104 Å². The monoisotopic (exact) mass is 784 g/mol. The molecule has 11 N–H and O–H groups in total. The number of hydrogen-bond acceptors (Lipinski definition) is 21. The van der Waals surface area contributed by atoms with Crippen LogP contribution in [0.4, 0.5) is 0 Å². The minimum Gasteiger partial charge on any atom is -0.504 e. The average molecular weight is 785 g/mol. The summed E-state index contributed by atoms with van der Waals surface area (Å²) >= 11 is 0. The standard InChI is InChI=1S/C35H28O21/c1-51-27-20(42)8-13-22(26(27)46)29-31(56-35(13)50)30(55-34(49)12-6-18(40)25(45)19(41)7-12)28(54-33(48)11-4-16(38)24(44)17(39)5-11)21(53-29)9-52-32(47)10-2-14(36)23(43)15(37)3-10/h2-8,21,28-31,36-46H,9H2,1H3. The van der Waals surface area contributed by atoms with Gasteiger partial charge in [0.05, 0.1) is 29.4 Å². The summed E-state index contributed by atoms with van der Waals surface area (Å²) in [7, 11) is 1.06. The van der Waals surface area contributed by atoms with E-state index in [0.29, 0.717) is 24.3 Å². The average Bonchev–Trinajstić information content (AvgIpc) is 3.14. The van der Waals surface area contributed by atoms with Crippen LogP contribution in [-0.4, -0.2) is 118 Å². The van der Waals surface area contributed by atoms with Crippen molar-refractivity contribution in [1.29, 1.82) is 0 Å². The first-order chi connectivity index (χ1) is 26.4. The number of fused-ring (bicyclic) bond motifs is 3. The highest BCUT2D eigenvalue weighted by Gasteiger charge is 2.57. The second kappa shape index (κ2) is 14.3. The number of phenolic OH excluding ortho intramolecular Hbond substituents is 11. The van der Waals surface area contributed by atoms with Crippen LogP contribution in [0.25, 0.3) is 0 Å². The number of aromatic hydroxyl groups is 11. The van der Waals surface area contributed by atoms with Crippen LogP contribution in [0.1, 0.15) is 53.1 Å². The maximum atomic E-state index is 13.6. The zero-order chi connectivity index (χ0) is 40.9. The molecule has 294 valence electrons. The summed E-state index contributed by atoms with van der Waals surface area (Å²) in [4.78, 5) is 53.7. The maximum Gasteiger partial charge on any atom is 0.339 e. The third kappa shape index (κ3) is 6.68. The van der Waals surface area contributed by atoms with E-state index in [2.05, 4.69) is 0 Å². The number of carbonyl (C=O) groups is 4. The lowest BCUT2D eigenvalue weighted by Gasteiger charge is -2.46. The Bertz CT molecular complexity index is 2230. The van der Waals surface area contributed by atoms with Gasteiger partial charge in [-0.05, 0) is 42.5 Å². The third-order valence-corrected chi connectivity index (χ3v) is 8.64. The number of methoxy groups -OCH3 is 1. The van der Waals surface area contributed by atoms with Crippen LogP contribution >= 0.6 is 0 Å². The third-order valence-electron chi connectivity index (χ3n) is 8.64. The second-order valence-corrected chi connectivity index (χ2v) is 12.1. The maximum absolute atomic E-state index is 13.6. The van der Waals surface area contributed by atoms with Crippen LogP contribution in [-0.2, 0) is 23.7 Å². The number of benzene rings is 4. The molecule has 4 aromatic carbocycles. The smallest absolute Gasteiger partial charge is 0.339 e. The summed E-state index contributed by atoms with van der Waals surface area (Å²) in [6.45, 7) is -0.997. The lowest BCUT2D eigenvalue weighted by Crippen LogP contribution is -2.61. The van der Waals surface area contributed by atoms with Gasteiger partial charge in [0.15, 0.2) is 81.6 Å². The van der Waals surface area contributed by atoms with Crippen LogP contribution in [0.15, 0.2) is 42.5 Å². The van der Waals surface area contributed by atoms with E-state index in [4.69, 9.17) is 28.4 Å². The first-order valence-electron chi connectivity index (χ1n) is 15.7. The van der Waals surface area contributed by atoms with E-state index in [1.165, 1.54) is 0 Å². The summed E-state index contributed by atoms with van der Waals surface area (Å²) in [6, 6.07) is 4.96. The number of hydrogen-bond donors (Lipinski definition) is 11. The largest absolute Gasteiger partial charge is 0.504 e. The Morgan fingerprint density at radius 1 is 0.589 bits per heavy atom. The molecule has 6 rings (SSSR count). The molecule has 5 atom stereocenters. The van der Waals surface area contributed by atoms with E-state index in [1.807, 2.05) is 0 Å². The van der Waals surface area contributed by atoms with E-state index >= 15 is 0 Å². The van der Waals surface area contributed by atoms with Gasteiger partial charge < -0.3 is 84.6 Å². The minimum absolute atomic E-state index is 0.426. The fourth-order valence-corrected chi connectivity index (χ4v) is 5.97. The normalized spacial score (nSPS) is 19.8. The molecule has 0 aliphatic carbocycles. The Balaban J connectivity index is 1.48. The van der Waals surface area contributed by atoms with Gasteiger partial charge in [-0.15, -0.1) is 0 Å². The molecule has 0 saturated carbocycles. The summed E-state index contributed by atoms with van der Waals surface area (Å²) in [5, 5.41) is 111. The number of esters is 4. The predicted molar refractivity (Wildman–Crippen MR) is 176 cm³/mol. The Hall–Kier alpha value is -7.68. The van der Waals surface area contributed by atoms with Gasteiger partial charge in [0.1, 0.15) is 18.8 Å². The van der Waals surface area contributed by atoms with Crippen LogP contribution in [0.3, 0.4) is 0 Å². The van der Waals surface area contributed by atoms with Gasteiger partial charge in [-0.2, -0.15) is 0 Å². The lowest BCUT2D eigenvalue weighted by molar-refractivity contribution is -0.234. The molecule has 21 nitrogen and oxygen atoms in total. The molecule has 1 fully saturated rings. The highest BCUT2D eigenvalue weighted by Crippen LogP contribution is 2.51. The Kier molecular flexibility index (Phi) is 9.70. The number of rotatable bonds is 8. The number of carbonyl (C=O) groups excluding carboxylic acids is 4. The topological polar surface area (TPSA) is 346 Å². The summed E-state index contributed by atoms with van der Waals surface area (Å²) in [6.07, 6.45) is -9.64. The molecule has 5 unspecified atom stereocenters. The van der Waals surface area contributed by atoms with Gasteiger partial charge in [-0.25, -0.2) is 19.2 Å². The van der Waals surface area contributed by atoms with Crippen molar-refractivity contribution in [1.82, 2.24) is 0 Å². The molecule has 0 aromatic heterocycles. The molecule has 1 saturated heterocycles. The summed E-state index contributed by atoms with van der Waals surface area (Å²) in [5.74, 6) is -16.3. The Morgan fingerprint density at radius 2 is 1.02 bits per heavy atom. The van der Waals surface area contributed by atoms with E-state index < -0.39 is 158 Å². The van der Waals surface area contributed by atoms with E-state index in [0.717, 1.165) is 25.3 Å². The minimum atomic E-state index is -2.08. The molecule has 0 amide bonds. The highest BCUT2D eigenvalue weighted by atomic mass is 16.7. The SMILES string of the molecule is COc1c(O)cc2c(c1O)C1OC(COC(=O)c3cc(O)c(O)c(O)c3)C(OC(=O)c3cc(O)c(O)c(O)c3)C(OC(=O)c3cc(O)c(O)c(O)c3)C1OC2=O. The second-order valence-electron chi connectivity index (χ2n) is 12.1. The van der Waals surface area contributed by atoms with Crippen molar-refractivity contribution in [3.8, 4) is 69.0 Å². The van der Waals surface area contributed by atoms with Crippen molar-refractivity contribution in [3.05, 3.63) is 70.3 Å². The summed E-state index contributed by atoms with van der Waals surface area (Å²) < 4.78 is 33.3. The highest BCUT2D eigenvalue weighted by molar-refractivity contribution is 5.96. The van der Waals surface area contributed by atoms with Gasteiger partial charge in [0.25, 0.3) is 0 Å².